The molecule has 108 valence electrons. The predicted molar refractivity (Wildman–Crippen MR) is 94.5 cm³/mol. The van der Waals surface area contributed by atoms with Gasteiger partial charge in [0, 0.05) is 20.6 Å². The second-order valence-corrected chi connectivity index (χ2v) is 4.17. The fourth-order valence-electron chi connectivity index (χ4n) is 1.91. The smallest absolute Gasteiger partial charge is 0.191 e. The lowest BCUT2D eigenvalue weighted by Crippen LogP contribution is -2.37. The van der Waals surface area contributed by atoms with E-state index in [4.69, 9.17) is 0 Å². The summed E-state index contributed by atoms with van der Waals surface area (Å²) in [5.74, 6) is 1.72. The first-order valence-corrected chi connectivity index (χ1v) is 6.22. The van der Waals surface area contributed by atoms with E-state index in [0.717, 1.165) is 22.8 Å². The van der Waals surface area contributed by atoms with Gasteiger partial charge in [-0.25, -0.2) is 4.98 Å². The zero-order valence-electron chi connectivity index (χ0n) is 11.8. The van der Waals surface area contributed by atoms with Gasteiger partial charge in [0.05, 0.1) is 17.6 Å². The number of para-hydroxylation sites is 2. The van der Waals surface area contributed by atoms with Crippen LogP contribution in [-0.2, 0) is 13.6 Å². The Labute approximate surface area is 136 Å². The summed E-state index contributed by atoms with van der Waals surface area (Å²) < 4.78 is 2.09. The molecular weight excluding hydrogens is 365 g/mol. The lowest BCUT2D eigenvalue weighted by Gasteiger charge is -2.10. The van der Waals surface area contributed by atoms with Gasteiger partial charge in [0.2, 0.25) is 0 Å². The van der Waals surface area contributed by atoms with Crippen LogP contribution in [0.5, 0.6) is 0 Å². The average molecular weight is 385 g/mol. The highest BCUT2D eigenvalue weighted by Crippen LogP contribution is 2.13. The Hall–Kier alpha value is -1.57. The number of hydrogen-bond donors (Lipinski definition) is 2. The van der Waals surface area contributed by atoms with Crippen LogP contribution < -0.4 is 10.6 Å². The summed E-state index contributed by atoms with van der Waals surface area (Å²) in [6, 6.07) is 8.10. The van der Waals surface area contributed by atoms with Crippen molar-refractivity contribution in [2.24, 2.45) is 12.0 Å². The minimum absolute atomic E-state index is 0. The zero-order chi connectivity index (χ0) is 13.7. The highest BCUT2D eigenvalue weighted by molar-refractivity contribution is 14.0. The highest BCUT2D eigenvalue weighted by atomic mass is 127. The normalized spacial score (nSPS) is 11.0. The fraction of sp³-hybridized carbons (Fsp3) is 0.286. The van der Waals surface area contributed by atoms with Crippen molar-refractivity contribution in [1.82, 2.24) is 20.2 Å². The molecule has 0 unspecified atom stereocenters. The van der Waals surface area contributed by atoms with Crippen LogP contribution >= 0.6 is 24.0 Å². The lowest BCUT2D eigenvalue weighted by atomic mass is 10.3. The maximum Gasteiger partial charge on any atom is 0.191 e. The number of rotatable bonds is 4. The van der Waals surface area contributed by atoms with Crippen LogP contribution in [0.4, 0.5) is 0 Å². The number of benzene rings is 1. The van der Waals surface area contributed by atoms with Crippen molar-refractivity contribution in [3.8, 4) is 0 Å². The molecule has 0 aliphatic rings. The number of guanidine groups is 1. The van der Waals surface area contributed by atoms with Crippen molar-refractivity contribution in [3.63, 3.8) is 0 Å². The molecule has 0 saturated carbocycles. The summed E-state index contributed by atoms with van der Waals surface area (Å²) >= 11 is 0. The molecule has 2 aromatic rings. The third-order valence-corrected chi connectivity index (χ3v) is 2.93. The SMILES string of the molecule is C=CCNC(=NC)NCc1nc2ccccc2n1C.I. The van der Waals surface area contributed by atoms with E-state index in [1.54, 1.807) is 13.1 Å². The molecule has 0 atom stereocenters. The largest absolute Gasteiger partial charge is 0.353 e. The van der Waals surface area contributed by atoms with E-state index in [0.29, 0.717) is 13.1 Å². The van der Waals surface area contributed by atoms with E-state index in [1.807, 2.05) is 25.2 Å². The Morgan fingerprint density at radius 2 is 2.15 bits per heavy atom. The molecule has 0 spiro atoms. The molecule has 0 bridgehead atoms. The van der Waals surface area contributed by atoms with Gasteiger partial charge in [0.1, 0.15) is 5.82 Å². The van der Waals surface area contributed by atoms with Gasteiger partial charge in [-0.05, 0) is 12.1 Å². The molecule has 0 saturated heterocycles. The molecule has 0 aliphatic carbocycles. The van der Waals surface area contributed by atoms with Crippen LogP contribution in [0.2, 0.25) is 0 Å². The van der Waals surface area contributed by atoms with E-state index >= 15 is 0 Å². The van der Waals surface area contributed by atoms with E-state index in [1.165, 1.54) is 0 Å². The van der Waals surface area contributed by atoms with Gasteiger partial charge in [-0.15, -0.1) is 30.6 Å². The van der Waals surface area contributed by atoms with Crippen molar-refractivity contribution in [2.45, 2.75) is 6.54 Å². The quantitative estimate of drug-likeness (QED) is 0.367. The van der Waals surface area contributed by atoms with Crippen LogP contribution in [0.1, 0.15) is 5.82 Å². The molecule has 20 heavy (non-hydrogen) atoms. The van der Waals surface area contributed by atoms with Crippen LogP contribution in [-0.4, -0.2) is 29.1 Å². The summed E-state index contributed by atoms with van der Waals surface area (Å²) in [6.45, 7) is 4.98. The second-order valence-electron chi connectivity index (χ2n) is 4.17. The molecule has 1 aromatic heterocycles. The number of halogens is 1. The van der Waals surface area contributed by atoms with Crippen molar-refractivity contribution >= 4 is 41.0 Å². The first kappa shape index (κ1) is 16.5. The summed E-state index contributed by atoms with van der Waals surface area (Å²) in [6.07, 6.45) is 1.79. The number of nitrogens with one attached hydrogen (secondary N) is 2. The minimum atomic E-state index is 0. The molecule has 5 nitrogen and oxygen atoms in total. The molecular formula is C14H20IN5. The van der Waals surface area contributed by atoms with Crippen LogP contribution in [0.3, 0.4) is 0 Å². The maximum atomic E-state index is 4.60. The minimum Gasteiger partial charge on any atom is -0.353 e. The highest BCUT2D eigenvalue weighted by Gasteiger charge is 2.07. The molecule has 0 fully saturated rings. The number of aromatic nitrogens is 2. The molecule has 2 rings (SSSR count). The summed E-state index contributed by atoms with van der Waals surface area (Å²) in [5.41, 5.74) is 2.14. The van der Waals surface area contributed by atoms with Crippen LogP contribution in [0.25, 0.3) is 11.0 Å². The topological polar surface area (TPSA) is 54.2 Å². The Morgan fingerprint density at radius 1 is 1.40 bits per heavy atom. The summed E-state index contributed by atoms with van der Waals surface area (Å²) in [5, 5.41) is 6.36. The summed E-state index contributed by atoms with van der Waals surface area (Å²) in [4.78, 5) is 8.73. The molecule has 1 heterocycles. The number of nitrogens with zero attached hydrogens (tertiary/aromatic N) is 3. The molecule has 6 heteroatoms. The van der Waals surface area contributed by atoms with Crippen molar-refractivity contribution in [3.05, 3.63) is 42.7 Å². The Bertz CT molecular complexity index is 603. The van der Waals surface area contributed by atoms with Gasteiger partial charge in [-0.2, -0.15) is 0 Å². The second kappa shape index (κ2) is 7.88. The zero-order valence-corrected chi connectivity index (χ0v) is 14.1. The van der Waals surface area contributed by atoms with Gasteiger partial charge in [0.25, 0.3) is 0 Å². The monoisotopic (exact) mass is 385 g/mol. The predicted octanol–water partition coefficient (Wildman–Crippen LogP) is 2.04. The van der Waals surface area contributed by atoms with E-state index < -0.39 is 0 Å². The average Bonchev–Trinajstić information content (AvgIpc) is 2.76. The van der Waals surface area contributed by atoms with Crippen molar-refractivity contribution in [2.75, 3.05) is 13.6 Å². The molecule has 0 radical (unpaired) electrons. The molecule has 0 amide bonds. The molecule has 0 aliphatic heterocycles. The Balaban J connectivity index is 0.00000200. The summed E-state index contributed by atoms with van der Waals surface area (Å²) in [7, 11) is 3.76. The maximum absolute atomic E-state index is 4.60. The number of fused-ring (bicyclic) bond motifs is 1. The molecule has 2 N–H and O–H groups in total. The Morgan fingerprint density at radius 3 is 2.80 bits per heavy atom. The van der Waals surface area contributed by atoms with Crippen molar-refractivity contribution in [1.29, 1.82) is 0 Å². The number of aliphatic imine (C=N–C) groups is 1. The van der Waals surface area contributed by atoms with Gasteiger partial charge >= 0.3 is 0 Å². The molecule has 1 aromatic carbocycles. The fourth-order valence-corrected chi connectivity index (χ4v) is 1.91. The number of aryl methyl sites for hydroxylation is 1. The first-order chi connectivity index (χ1) is 9.26. The van der Waals surface area contributed by atoms with E-state index in [-0.39, 0.29) is 24.0 Å². The Kier molecular flexibility index (Phi) is 6.50. The first-order valence-electron chi connectivity index (χ1n) is 6.22. The van der Waals surface area contributed by atoms with Crippen LogP contribution in [0, 0.1) is 0 Å². The van der Waals surface area contributed by atoms with Gasteiger partial charge in [-0.1, -0.05) is 18.2 Å². The van der Waals surface area contributed by atoms with Gasteiger partial charge in [-0.3, -0.25) is 4.99 Å². The van der Waals surface area contributed by atoms with E-state index in [2.05, 4.69) is 37.8 Å². The van der Waals surface area contributed by atoms with Crippen LogP contribution in [0.15, 0.2) is 41.9 Å². The van der Waals surface area contributed by atoms with E-state index in [9.17, 15) is 0 Å². The third kappa shape index (κ3) is 3.72. The van der Waals surface area contributed by atoms with Gasteiger partial charge in [0.15, 0.2) is 5.96 Å². The van der Waals surface area contributed by atoms with Crippen molar-refractivity contribution < 1.29 is 0 Å². The third-order valence-electron chi connectivity index (χ3n) is 2.93. The number of imidazole rings is 1. The van der Waals surface area contributed by atoms with Gasteiger partial charge < -0.3 is 15.2 Å². The standard InChI is InChI=1S/C14H19N5.HI/c1-4-9-16-14(15-2)17-10-13-18-11-7-5-6-8-12(11)19(13)3;/h4-8H,1,9-10H2,2-3H3,(H2,15,16,17);1H. The number of hydrogen-bond acceptors (Lipinski definition) is 2. The lowest BCUT2D eigenvalue weighted by molar-refractivity contribution is 0.746.